The van der Waals surface area contributed by atoms with Crippen LogP contribution in [0, 0.1) is 11.7 Å². The number of hydrazine groups is 1. The van der Waals surface area contributed by atoms with Crippen LogP contribution in [-0.2, 0) is 4.74 Å². The van der Waals surface area contributed by atoms with Gasteiger partial charge in [-0.1, -0.05) is 0 Å². The number of anilines is 2. The molecular formula is C10H16FN5O. The minimum Gasteiger partial charge on any atom is -0.381 e. The summed E-state index contributed by atoms with van der Waals surface area (Å²) in [4.78, 5) is 7.57. The molecule has 1 unspecified atom stereocenters. The Kier molecular flexibility index (Phi) is 4.05. The standard InChI is InChI=1S/C10H16FN5O/c11-8-5-14-10(16-12)15-9(8)13-4-7-2-1-3-17-6-7/h5,7H,1-4,6,12H2,(H2,13,14,15,16). The molecule has 94 valence electrons. The highest BCUT2D eigenvalue weighted by Gasteiger charge is 2.15. The first-order chi connectivity index (χ1) is 8.29. The van der Waals surface area contributed by atoms with Gasteiger partial charge in [0.25, 0.3) is 0 Å². The normalized spacial score (nSPS) is 20.0. The van der Waals surface area contributed by atoms with Crippen LogP contribution in [0.3, 0.4) is 0 Å². The van der Waals surface area contributed by atoms with Gasteiger partial charge in [-0.15, -0.1) is 0 Å². The summed E-state index contributed by atoms with van der Waals surface area (Å²) < 4.78 is 18.7. The molecule has 17 heavy (non-hydrogen) atoms. The molecule has 2 rings (SSSR count). The topological polar surface area (TPSA) is 85.1 Å². The molecule has 7 heteroatoms. The Morgan fingerprint density at radius 2 is 2.47 bits per heavy atom. The van der Waals surface area contributed by atoms with E-state index in [1.165, 1.54) is 0 Å². The number of aromatic nitrogens is 2. The summed E-state index contributed by atoms with van der Waals surface area (Å²) in [6.07, 6.45) is 3.22. The van der Waals surface area contributed by atoms with Crippen molar-refractivity contribution in [3.8, 4) is 0 Å². The third-order valence-electron chi connectivity index (χ3n) is 2.69. The Bertz CT molecular complexity index is 370. The van der Waals surface area contributed by atoms with Gasteiger partial charge in [-0.05, 0) is 18.8 Å². The van der Waals surface area contributed by atoms with Gasteiger partial charge in [-0.25, -0.2) is 15.2 Å². The predicted molar refractivity (Wildman–Crippen MR) is 61.8 cm³/mol. The van der Waals surface area contributed by atoms with Gasteiger partial charge < -0.3 is 10.1 Å². The van der Waals surface area contributed by atoms with Crippen LogP contribution in [0.15, 0.2) is 6.20 Å². The van der Waals surface area contributed by atoms with Crippen LogP contribution >= 0.6 is 0 Å². The van der Waals surface area contributed by atoms with Crippen LogP contribution in [-0.4, -0.2) is 29.7 Å². The Balaban J connectivity index is 1.92. The highest BCUT2D eigenvalue weighted by Crippen LogP contribution is 2.16. The summed E-state index contributed by atoms with van der Waals surface area (Å²) in [5.41, 5.74) is 2.28. The van der Waals surface area contributed by atoms with E-state index in [9.17, 15) is 4.39 Å². The van der Waals surface area contributed by atoms with Crippen LogP contribution in [0.4, 0.5) is 16.2 Å². The predicted octanol–water partition coefficient (Wildman–Crippen LogP) is 0.740. The Morgan fingerprint density at radius 3 is 3.18 bits per heavy atom. The molecule has 0 saturated carbocycles. The summed E-state index contributed by atoms with van der Waals surface area (Å²) >= 11 is 0. The minimum absolute atomic E-state index is 0.165. The van der Waals surface area contributed by atoms with Crippen molar-refractivity contribution >= 4 is 11.8 Å². The molecule has 1 aromatic heterocycles. The van der Waals surface area contributed by atoms with E-state index in [1.807, 2.05) is 0 Å². The van der Waals surface area contributed by atoms with Gasteiger partial charge in [0.05, 0.1) is 12.8 Å². The fourth-order valence-corrected chi connectivity index (χ4v) is 1.77. The third-order valence-corrected chi connectivity index (χ3v) is 2.69. The summed E-state index contributed by atoms with van der Waals surface area (Å²) in [6.45, 7) is 2.17. The van der Waals surface area contributed by atoms with Crippen LogP contribution < -0.4 is 16.6 Å². The minimum atomic E-state index is -0.485. The quantitative estimate of drug-likeness (QED) is 0.532. The lowest BCUT2D eigenvalue weighted by Gasteiger charge is -2.22. The Morgan fingerprint density at radius 1 is 1.59 bits per heavy atom. The maximum atomic E-state index is 13.4. The molecule has 1 aliphatic heterocycles. The average molecular weight is 241 g/mol. The van der Waals surface area contributed by atoms with E-state index in [2.05, 4.69) is 20.7 Å². The molecule has 0 bridgehead atoms. The van der Waals surface area contributed by atoms with Gasteiger partial charge in [0.1, 0.15) is 0 Å². The van der Waals surface area contributed by atoms with E-state index >= 15 is 0 Å². The zero-order valence-electron chi connectivity index (χ0n) is 9.45. The first-order valence-electron chi connectivity index (χ1n) is 5.60. The summed E-state index contributed by atoms with van der Waals surface area (Å²) in [6, 6.07) is 0. The highest BCUT2D eigenvalue weighted by atomic mass is 19.1. The zero-order valence-corrected chi connectivity index (χ0v) is 9.45. The summed E-state index contributed by atoms with van der Waals surface area (Å²) in [5.74, 6) is 5.43. The van der Waals surface area contributed by atoms with Crippen molar-refractivity contribution in [3.05, 3.63) is 12.0 Å². The van der Waals surface area contributed by atoms with Gasteiger partial charge in [0.2, 0.25) is 5.95 Å². The van der Waals surface area contributed by atoms with Gasteiger partial charge in [0, 0.05) is 13.2 Å². The van der Waals surface area contributed by atoms with Gasteiger partial charge in [-0.3, -0.25) is 5.43 Å². The van der Waals surface area contributed by atoms with E-state index in [-0.39, 0.29) is 11.8 Å². The van der Waals surface area contributed by atoms with Gasteiger partial charge >= 0.3 is 0 Å². The number of hydrogen-bond donors (Lipinski definition) is 3. The SMILES string of the molecule is NNc1ncc(F)c(NCC2CCCOC2)n1. The molecule has 4 N–H and O–H groups in total. The Hall–Kier alpha value is -1.47. The number of hydrogen-bond acceptors (Lipinski definition) is 6. The molecule has 0 aliphatic carbocycles. The first kappa shape index (κ1) is 12.0. The van der Waals surface area contributed by atoms with Crippen molar-refractivity contribution in [2.45, 2.75) is 12.8 Å². The molecule has 1 aliphatic rings. The lowest BCUT2D eigenvalue weighted by atomic mass is 10.0. The maximum Gasteiger partial charge on any atom is 0.239 e. The second-order valence-electron chi connectivity index (χ2n) is 4.00. The molecule has 1 saturated heterocycles. The molecule has 1 atom stereocenters. The lowest BCUT2D eigenvalue weighted by Crippen LogP contribution is -2.25. The monoisotopic (exact) mass is 241 g/mol. The van der Waals surface area contributed by atoms with Crippen LogP contribution in [0.5, 0.6) is 0 Å². The highest BCUT2D eigenvalue weighted by molar-refractivity contribution is 5.40. The summed E-state index contributed by atoms with van der Waals surface area (Å²) in [7, 11) is 0. The van der Waals surface area contributed by atoms with E-state index in [4.69, 9.17) is 10.6 Å². The molecule has 1 aromatic rings. The zero-order chi connectivity index (χ0) is 12.1. The number of nitrogen functional groups attached to an aromatic ring is 1. The molecule has 0 aromatic carbocycles. The largest absolute Gasteiger partial charge is 0.381 e. The van der Waals surface area contributed by atoms with Crippen LogP contribution in [0.2, 0.25) is 0 Å². The molecule has 6 nitrogen and oxygen atoms in total. The number of nitrogens with zero attached hydrogens (tertiary/aromatic N) is 2. The van der Waals surface area contributed by atoms with Crippen molar-refractivity contribution in [3.63, 3.8) is 0 Å². The van der Waals surface area contributed by atoms with E-state index < -0.39 is 5.82 Å². The molecular weight excluding hydrogens is 225 g/mol. The maximum absolute atomic E-state index is 13.4. The van der Waals surface area contributed by atoms with Crippen LogP contribution in [0.1, 0.15) is 12.8 Å². The molecule has 2 heterocycles. The number of ether oxygens (including phenoxy) is 1. The fourth-order valence-electron chi connectivity index (χ4n) is 1.77. The van der Waals surface area contributed by atoms with Gasteiger partial charge in [-0.2, -0.15) is 4.98 Å². The smallest absolute Gasteiger partial charge is 0.239 e. The van der Waals surface area contributed by atoms with E-state index in [0.717, 1.165) is 25.6 Å². The fraction of sp³-hybridized carbons (Fsp3) is 0.600. The number of rotatable bonds is 4. The van der Waals surface area contributed by atoms with Crippen molar-refractivity contribution < 1.29 is 9.13 Å². The molecule has 0 amide bonds. The molecule has 0 radical (unpaired) electrons. The van der Waals surface area contributed by atoms with Crippen molar-refractivity contribution in [1.29, 1.82) is 0 Å². The molecule has 1 fully saturated rings. The van der Waals surface area contributed by atoms with E-state index in [1.54, 1.807) is 0 Å². The van der Waals surface area contributed by atoms with E-state index in [0.29, 0.717) is 19.1 Å². The summed E-state index contributed by atoms with van der Waals surface area (Å²) in [5, 5.41) is 2.96. The lowest BCUT2D eigenvalue weighted by molar-refractivity contribution is 0.0594. The second-order valence-corrected chi connectivity index (χ2v) is 4.00. The van der Waals surface area contributed by atoms with Gasteiger partial charge in [0.15, 0.2) is 11.6 Å². The second kappa shape index (κ2) is 5.74. The molecule has 0 spiro atoms. The van der Waals surface area contributed by atoms with Crippen molar-refractivity contribution in [1.82, 2.24) is 9.97 Å². The van der Waals surface area contributed by atoms with Crippen molar-refractivity contribution in [2.24, 2.45) is 11.8 Å². The average Bonchev–Trinajstić information content (AvgIpc) is 2.39. The number of halogens is 1. The third kappa shape index (κ3) is 3.24. The van der Waals surface area contributed by atoms with Crippen LogP contribution in [0.25, 0.3) is 0 Å². The first-order valence-corrected chi connectivity index (χ1v) is 5.60. The number of nitrogens with two attached hydrogens (primary N) is 1. The van der Waals surface area contributed by atoms with Crippen molar-refractivity contribution in [2.75, 3.05) is 30.5 Å². The Labute approximate surface area is 98.7 Å². The number of nitrogens with one attached hydrogen (secondary N) is 2.